The molecule has 0 unspecified atom stereocenters. The summed E-state index contributed by atoms with van der Waals surface area (Å²) in [6.45, 7) is 0.901. The van der Waals surface area contributed by atoms with Crippen molar-refractivity contribution in [3.8, 4) is 0 Å². The molecule has 1 heterocycles. The molecule has 1 aromatic carbocycles. The lowest BCUT2D eigenvalue weighted by Crippen LogP contribution is -2.45. The highest BCUT2D eigenvalue weighted by atomic mass is 19.1. The molecule has 1 amide bonds. The monoisotopic (exact) mass is 291 g/mol. The number of carbonyl (C=O) groups is 2. The third-order valence-corrected chi connectivity index (χ3v) is 4.68. The van der Waals surface area contributed by atoms with Gasteiger partial charge in [-0.1, -0.05) is 18.2 Å². The molecule has 0 radical (unpaired) electrons. The second kappa shape index (κ2) is 5.13. The number of rotatable bonds is 3. The average molecular weight is 291 g/mol. The first-order valence-corrected chi connectivity index (χ1v) is 7.32. The molecule has 0 aromatic heterocycles. The predicted octanol–water partition coefficient (Wildman–Crippen LogP) is 2.18. The van der Waals surface area contributed by atoms with Crippen molar-refractivity contribution in [2.75, 3.05) is 13.1 Å². The van der Waals surface area contributed by atoms with Gasteiger partial charge in [0.05, 0.1) is 11.3 Å². The van der Waals surface area contributed by atoms with Gasteiger partial charge in [0.25, 0.3) is 0 Å². The first kappa shape index (κ1) is 14.0. The number of hydrogen-bond donors (Lipinski definition) is 1. The summed E-state index contributed by atoms with van der Waals surface area (Å²) >= 11 is 0. The standard InChI is InChI=1S/C16H18FNO3/c17-13-4-2-1-3-12(13)16(7-8-16)15(21)18-9-5-11(6-10-18)14(19)20/h1-4,11H,5-10H2,(H,19,20). The Morgan fingerprint density at radius 1 is 1.19 bits per heavy atom. The quantitative estimate of drug-likeness (QED) is 0.928. The molecule has 4 nitrogen and oxygen atoms in total. The molecule has 3 rings (SSSR count). The zero-order valence-electron chi connectivity index (χ0n) is 11.7. The van der Waals surface area contributed by atoms with E-state index in [0.29, 0.717) is 44.3 Å². The number of carboxylic acids is 1. The number of piperidine rings is 1. The number of aliphatic carboxylic acids is 1. The lowest BCUT2D eigenvalue weighted by Gasteiger charge is -2.33. The Morgan fingerprint density at radius 3 is 2.33 bits per heavy atom. The van der Waals surface area contributed by atoms with Crippen molar-refractivity contribution in [2.24, 2.45) is 5.92 Å². The van der Waals surface area contributed by atoms with E-state index < -0.39 is 11.4 Å². The number of amides is 1. The summed E-state index contributed by atoms with van der Waals surface area (Å²) in [5.74, 6) is -1.53. The molecule has 0 spiro atoms. The van der Waals surface area contributed by atoms with Crippen molar-refractivity contribution in [3.05, 3.63) is 35.6 Å². The fourth-order valence-electron chi connectivity index (χ4n) is 3.20. The van der Waals surface area contributed by atoms with E-state index in [2.05, 4.69) is 0 Å². The second-order valence-electron chi connectivity index (χ2n) is 5.97. The minimum Gasteiger partial charge on any atom is -0.481 e. The van der Waals surface area contributed by atoms with E-state index in [1.165, 1.54) is 6.07 Å². The zero-order valence-corrected chi connectivity index (χ0v) is 11.7. The number of likely N-dealkylation sites (tertiary alicyclic amines) is 1. The van der Waals surface area contributed by atoms with Crippen LogP contribution in [0.15, 0.2) is 24.3 Å². The lowest BCUT2D eigenvalue weighted by molar-refractivity contribution is -0.146. The van der Waals surface area contributed by atoms with Crippen LogP contribution in [0.4, 0.5) is 4.39 Å². The van der Waals surface area contributed by atoms with Gasteiger partial charge in [0.2, 0.25) is 5.91 Å². The van der Waals surface area contributed by atoms with E-state index in [9.17, 15) is 14.0 Å². The van der Waals surface area contributed by atoms with Crippen molar-refractivity contribution in [1.29, 1.82) is 0 Å². The van der Waals surface area contributed by atoms with Crippen molar-refractivity contribution in [1.82, 2.24) is 4.90 Å². The highest BCUT2D eigenvalue weighted by Crippen LogP contribution is 2.50. The van der Waals surface area contributed by atoms with E-state index in [4.69, 9.17) is 5.11 Å². The number of halogens is 1. The van der Waals surface area contributed by atoms with Crippen LogP contribution in [0.1, 0.15) is 31.2 Å². The Kier molecular flexibility index (Phi) is 3.43. The van der Waals surface area contributed by atoms with E-state index in [0.717, 1.165) is 0 Å². The molecule has 1 aliphatic heterocycles. The third-order valence-electron chi connectivity index (χ3n) is 4.68. The van der Waals surface area contributed by atoms with Gasteiger partial charge in [-0.25, -0.2) is 4.39 Å². The maximum atomic E-state index is 14.0. The van der Waals surface area contributed by atoms with Crippen LogP contribution in [0.25, 0.3) is 0 Å². The second-order valence-corrected chi connectivity index (χ2v) is 5.97. The minimum atomic E-state index is -0.794. The van der Waals surface area contributed by atoms with Gasteiger partial charge in [-0.3, -0.25) is 9.59 Å². The Hall–Kier alpha value is -1.91. The van der Waals surface area contributed by atoms with Gasteiger partial charge in [-0.2, -0.15) is 0 Å². The van der Waals surface area contributed by atoms with Crippen molar-refractivity contribution < 1.29 is 19.1 Å². The number of hydrogen-bond acceptors (Lipinski definition) is 2. The number of benzene rings is 1. The van der Waals surface area contributed by atoms with Crippen LogP contribution in [0.5, 0.6) is 0 Å². The largest absolute Gasteiger partial charge is 0.481 e. The summed E-state index contributed by atoms with van der Waals surface area (Å²) in [4.78, 5) is 25.4. The molecule has 5 heteroatoms. The Morgan fingerprint density at radius 2 is 1.81 bits per heavy atom. The summed E-state index contributed by atoms with van der Waals surface area (Å²) in [5.41, 5.74) is -0.225. The van der Waals surface area contributed by atoms with Crippen LogP contribution in [-0.2, 0) is 15.0 Å². The molecule has 112 valence electrons. The Bertz CT molecular complexity index is 575. The molecule has 1 N–H and O–H groups in total. The fourth-order valence-corrected chi connectivity index (χ4v) is 3.20. The summed E-state index contributed by atoms with van der Waals surface area (Å²) in [5, 5.41) is 9.00. The molecule has 0 bridgehead atoms. The molecular formula is C16H18FNO3. The highest BCUT2D eigenvalue weighted by molar-refractivity contribution is 5.91. The number of carbonyl (C=O) groups excluding carboxylic acids is 1. The topological polar surface area (TPSA) is 57.6 Å². The molecule has 2 fully saturated rings. The molecule has 0 atom stereocenters. The first-order valence-electron chi connectivity index (χ1n) is 7.32. The van der Waals surface area contributed by atoms with Crippen molar-refractivity contribution in [2.45, 2.75) is 31.1 Å². The maximum Gasteiger partial charge on any atom is 0.306 e. The number of carboxylic acid groups (broad SMARTS) is 1. The zero-order chi connectivity index (χ0) is 15.0. The van der Waals surface area contributed by atoms with Gasteiger partial charge < -0.3 is 10.0 Å². The van der Waals surface area contributed by atoms with Gasteiger partial charge >= 0.3 is 5.97 Å². The van der Waals surface area contributed by atoms with Gasteiger partial charge in [-0.05, 0) is 31.7 Å². The minimum absolute atomic E-state index is 0.0450. The fraction of sp³-hybridized carbons (Fsp3) is 0.500. The molecule has 21 heavy (non-hydrogen) atoms. The maximum absolute atomic E-state index is 14.0. The molecule has 2 aliphatic rings. The molecule has 1 aromatic rings. The van der Waals surface area contributed by atoms with Crippen LogP contribution in [0.3, 0.4) is 0 Å². The highest BCUT2D eigenvalue weighted by Gasteiger charge is 2.54. The van der Waals surface area contributed by atoms with Crippen LogP contribution >= 0.6 is 0 Å². The average Bonchev–Trinajstić information content (AvgIpc) is 3.28. The van der Waals surface area contributed by atoms with Crippen LogP contribution in [-0.4, -0.2) is 35.0 Å². The lowest BCUT2D eigenvalue weighted by atomic mass is 9.91. The van der Waals surface area contributed by atoms with Crippen molar-refractivity contribution >= 4 is 11.9 Å². The van der Waals surface area contributed by atoms with E-state index in [1.54, 1.807) is 23.1 Å². The van der Waals surface area contributed by atoms with Gasteiger partial charge in [0.1, 0.15) is 5.82 Å². The third kappa shape index (κ3) is 2.41. The summed E-state index contributed by atoms with van der Waals surface area (Å²) < 4.78 is 14.0. The smallest absolute Gasteiger partial charge is 0.306 e. The van der Waals surface area contributed by atoms with Crippen molar-refractivity contribution in [3.63, 3.8) is 0 Å². The van der Waals surface area contributed by atoms with Gasteiger partial charge in [-0.15, -0.1) is 0 Å². The van der Waals surface area contributed by atoms with Crippen LogP contribution < -0.4 is 0 Å². The van der Waals surface area contributed by atoms with Gasteiger partial charge in [0, 0.05) is 18.7 Å². The van der Waals surface area contributed by atoms with E-state index in [-0.39, 0.29) is 17.6 Å². The molecule has 1 saturated carbocycles. The normalized spacial score (nSPS) is 21.1. The summed E-state index contributed by atoms with van der Waals surface area (Å²) in [7, 11) is 0. The number of nitrogens with zero attached hydrogens (tertiary/aromatic N) is 1. The summed E-state index contributed by atoms with van der Waals surface area (Å²) in [6, 6.07) is 6.45. The first-order chi connectivity index (χ1) is 10.0. The van der Waals surface area contributed by atoms with E-state index >= 15 is 0 Å². The van der Waals surface area contributed by atoms with Crippen LogP contribution in [0, 0.1) is 11.7 Å². The summed E-state index contributed by atoms with van der Waals surface area (Å²) in [6.07, 6.45) is 2.31. The molecule has 1 aliphatic carbocycles. The predicted molar refractivity (Wildman–Crippen MR) is 74.3 cm³/mol. The SMILES string of the molecule is O=C(O)C1CCN(C(=O)C2(c3ccccc3F)CC2)CC1. The molecular weight excluding hydrogens is 273 g/mol. The van der Waals surface area contributed by atoms with Gasteiger partial charge in [0.15, 0.2) is 0 Å². The van der Waals surface area contributed by atoms with E-state index in [1.807, 2.05) is 0 Å². The Balaban J connectivity index is 1.75. The van der Waals surface area contributed by atoms with Crippen LogP contribution in [0.2, 0.25) is 0 Å². The Labute approximate surface area is 122 Å². The molecule has 1 saturated heterocycles.